The van der Waals surface area contributed by atoms with Crippen molar-refractivity contribution in [2.75, 3.05) is 6.61 Å². The summed E-state index contributed by atoms with van der Waals surface area (Å²) in [4.78, 5) is 0. The molecule has 0 N–H and O–H groups in total. The number of rotatable bonds is 5. The van der Waals surface area contributed by atoms with Gasteiger partial charge in [0, 0.05) is 0 Å². The Bertz CT molecular complexity index is 277. The summed E-state index contributed by atoms with van der Waals surface area (Å²) in [6, 6.07) is 10.4. The lowest BCUT2D eigenvalue weighted by molar-refractivity contribution is -0.0376. The molecule has 0 spiro atoms. The predicted octanol–water partition coefficient (Wildman–Crippen LogP) is 3.98. The van der Waals surface area contributed by atoms with Gasteiger partial charge < -0.3 is 4.74 Å². The summed E-state index contributed by atoms with van der Waals surface area (Å²) in [6.45, 7) is 9.51. The van der Waals surface area contributed by atoms with Crippen LogP contribution in [0, 0.1) is 5.92 Å². The van der Waals surface area contributed by atoms with Crippen LogP contribution >= 0.6 is 0 Å². The zero-order valence-electron chi connectivity index (χ0n) is 10.3. The van der Waals surface area contributed by atoms with Gasteiger partial charge in [0.05, 0.1) is 12.2 Å². The zero-order valence-corrected chi connectivity index (χ0v) is 10.3. The molecule has 0 aliphatic carbocycles. The van der Waals surface area contributed by atoms with Crippen LogP contribution in [-0.2, 0) is 10.3 Å². The van der Waals surface area contributed by atoms with Gasteiger partial charge in [0.2, 0.25) is 0 Å². The van der Waals surface area contributed by atoms with E-state index in [0.717, 1.165) is 6.61 Å². The minimum atomic E-state index is -0.176. The van der Waals surface area contributed by atoms with Crippen LogP contribution in [0.4, 0.5) is 0 Å². The quantitative estimate of drug-likeness (QED) is 0.708. The average Bonchev–Trinajstić information content (AvgIpc) is 2.27. The zero-order chi connectivity index (χ0) is 11.3. The summed E-state index contributed by atoms with van der Waals surface area (Å²) in [7, 11) is 0. The maximum Gasteiger partial charge on any atom is 0.0875 e. The smallest absolute Gasteiger partial charge is 0.0875 e. The predicted molar refractivity (Wildman–Crippen MR) is 64.9 cm³/mol. The topological polar surface area (TPSA) is 9.23 Å². The van der Waals surface area contributed by atoms with Gasteiger partial charge >= 0.3 is 0 Å². The van der Waals surface area contributed by atoms with Gasteiger partial charge in [-0.1, -0.05) is 50.6 Å². The summed E-state index contributed by atoms with van der Waals surface area (Å²) >= 11 is 0. The van der Waals surface area contributed by atoms with Crippen LogP contribution in [0.1, 0.15) is 39.7 Å². The Hall–Kier alpha value is -0.820. The fourth-order valence-electron chi connectivity index (χ4n) is 1.39. The highest BCUT2D eigenvalue weighted by molar-refractivity contribution is 5.20. The Morgan fingerprint density at radius 2 is 1.80 bits per heavy atom. The molecule has 1 aromatic rings. The second-order valence-electron chi connectivity index (χ2n) is 4.70. The number of hydrogen-bond acceptors (Lipinski definition) is 1. The molecule has 1 rings (SSSR count). The molecule has 0 radical (unpaired) electrons. The third-order valence-corrected chi connectivity index (χ3v) is 2.89. The van der Waals surface area contributed by atoms with Gasteiger partial charge in [0.15, 0.2) is 0 Å². The molecule has 1 aromatic carbocycles. The van der Waals surface area contributed by atoms with Gasteiger partial charge in [-0.05, 0) is 25.3 Å². The van der Waals surface area contributed by atoms with Gasteiger partial charge in [-0.2, -0.15) is 0 Å². The van der Waals surface area contributed by atoms with E-state index < -0.39 is 0 Å². The fourth-order valence-corrected chi connectivity index (χ4v) is 1.39. The molecule has 15 heavy (non-hydrogen) atoms. The fraction of sp³-hybridized carbons (Fsp3) is 0.571. The minimum absolute atomic E-state index is 0.176. The van der Waals surface area contributed by atoms with Crippen molar-refractivity contribution in [1.29, 1.82) is 0 Å². The summed E-state index contributed by atoms with van der Waals surface area (Å²) in [5.74, 6) is 0.632. The van der Waals surface area contributed by atoms with E-state index in [2.05, 4.69) is 52.0 Å². The van der Waals surface area contributed by atoms with Gasteiger partial charge in [0.25, 0.3) is 0 Å². The lowest BCUT2D eigenvalue weighted by Gasteiger charge is -2.27. The normalized spacial score (nSPS) is 13.9. The Balaban J connectivity index is 2.59. The van der Waals surface area contributed by atoms with E-state index in [1.165, 1.54) is 12.0 Å². The Labute approximate surface area is 93.5 Å². The van der Waals surface area contributed by atoms with Crippen LogP contribution in [0.15, 0.2) is 30.3 Å². The molecular weight excluding hydrogens is 184 g/mol. The standard InChI is InChI=1S/C14H22O/c1-5-12(2)11-15-14(3,4)13-9-7-6-8-10-13/h6-10,12H,5,11H2,1-4H3. The largest absolute Gasteiger partial charge is 0.371 e. The number of ether oxygens (including phenoxy) is 1. The van der Waals surface area contributed by atoms with Crippen LogP contribution in [-0.4, -0.2) is 6.61 Å². The molecule has 0 heterocycles. The first-order chi connectivity index (χ1) is 7.06. The molecule has 0 saturated carbocycles. The summed E-state index contributed by atoms with van der Waals surface area (Å²) in [5, 5.41) is 0. The van der Waals surface area contributed by atoms with Crippen molar-refractivity contribution in [2.45, 2.75) is 39.7 Å². The second-order valence-corrected chi connectivity index (χ2v) is 4.70. The van der Waals surface area contributed by atoms with Gasteiger partial charge in [-0.3, -0.25) is 0 Å². The van der Waals surface area contributed by atoms with Crippen molar-refractivity contribution in [2.24, 2.45) is 5.92 Å². The molecule has 0 bridgehead atoms. The summed E-state index contributed by atoms with van der Waals surface area (Å²) in [6.07, 6.45) is 1.17. The molecule has 1 unspecified atom stereocenters. The molecule has 0 saturated heterocycles. The highest BCUT2D eigenvalue weighted by atomic mass is 16.5. The molecule has 0 amide bonds. The van der Waals surface area contributed by atoms with Crippen LogP contribution < -0.4 is 0 Å². The molecule has 1 heteroatoms. The minimum Gasteiger partial charge on any atom is -0.371 e. The van der Waals surface area contributed by atoms with Crippen molar-refractivity contribution >= 4 is 0 Å². The van der Waals surface area contributed by atoms with Crippen molar-refractivity contribution in [3.63, 3.8) is 0 Å². The second kappa shape index (κ2) is 5.32. The van der Waals surface area contributed by atoms with E-state index in [1.807, 2.05) is 6.07 Å². The Morgan fingerprint density at radius 3 is 2.33 bits per heavy atom. The lowest BCUT2D eigenvalue weighted by atomic mass is 9.98. The Morgan fingerprint density at radius 1 is 1.20 bits per heavy atom. The van der Waals surface area contributed by atoms with E-state index in [4.69, 9.17) is 4.74 Å². The molecule has 0 aromatic heterocycles. The molecule has 1 atom stereocenters. The maximum atomic E-state index is 5.97. The van der Waals surface area contributed by atoms with Gasteiger partial charge in [-0.25, -0.2) is 0 Å². The van der Waals surface area contributed by atoms with Crippen LogP contribution in [0.3, 0.4) is 0 Å². The molecule has 1 nitrogen and oxygen atoms in total. The SMILES string of the molecule is CCC(C)COC(C)(C)c1ccccc1. The van der Waals surface area contributed by atoms with Crippen LogP contribution in [0.25, 0.3) is 0 Å². The van der Waals surface area contributed by atoms with E-state index in [0.29, 0.717) is 5.92 Å². The molecule has 0 aliphatic rings. The number of benzene rings is 1. The third kappa shape index (κ3) is 3.67. The van der Waals surface area contributed by atoms with E-state index >= 15 is 0 Å². The van der Waals surface area contributed by atoms with Crippen molar-refractivity contribution in [3.05, 3.63) is 35.9 Å². The van der Waals surface area contributed by atoms with Gasteiger partial charge in [0.1, 0.15) is 0 Å². The van der Waals surface area contributed by atoms with Crippen molar-refractivity contribution < 1.29 is 4.74 Å². The molecule has 84 valence electrons. The molecular formula is C14H22O. The van der Waals surface area contributed by atoms with E-state index in [-0.39, 0.29) is 5.60 Å². The van der Waals surface area contributed by atoms with Crippen molar-refractivity contribution in [3.8, 4) is 0 Å². The van der Waals surface area contributed by atoms with Gasteiger partial charge in [-0.15, -0.1) is 0 Å². The molecule has 0 fully saturated rings. The van der Waals surface area contributed by atoms with E-state index in [9.17, 15) is 0 Å². The molecule has 0 aliphatic heterocycles. The first-order valence-corrected chi connectivity index (χ1v) is 5.75. The first kappa shape index (κ1) is 12.3. The highest BCUT2D eigenvalue weighted by Crippen LogP contribution is 2.25. The first-order valence-electron chi connectivity index (χ1n) is 5.75. The lowest BCUT2D eigenvalue weighted by Crippen LogP contribution is -2.24. The van der Waals surface area contributed by atoms with Crippen molar-refractivity contribution in [1.82, 2.24) is 0 Å². The van der Waals surface area contributed by atoms with E-state index in [1.54, 1.807) is 0 Å². The summed E-state index contributed by atoms with van der Waals surface area (Å²) in [5.41, 5.74) is 1.07. The summed E-state index contributed by atoms with van der Waals surface area (Å²) < 4.78 is 5.97. The highest BCUT2D eigenvalue weighted by Gasteiger charge is 2.21. The van der Waals surface area contributed by atoms with Crippen LogP contribution in [0.2, 0.25) is 0 Å². The van der Waals surface area contributed by atoms with Crippen LogP contribution in [0.5, 0.6) is 0 Å². The third-order valence-electron chi connectivity index (χ3n) is 2.89. The number of hydrogen-bond donors (Lipinski definition) is 0. The maximum absolute atomic E-state index is 5.97. The Kier molecular flexibility index (Phi) is 4.34. The average molecular weight is 206 g/mol. The monoisotopic (exact) mass is 206 g/mol.